The number of likely N-dealkylation sites (tertiary alicyclic amines) is 2. The molecule has 3 fully saturated rings. The number of benzene rings is 3. The Bertz CT molecular complexity index is 2590. The Hall–Kier alpha value is -6.52. The van der Waals surface area contributed by atoms with Crippen LogP contribution in [0.5, 0.6) is 0 Å². The lowest BCUT2D eigenvalue weighted by molar-refractivity contribution is -0.135. The van der Waals surface area contributed by atoms with Crippen molar-refractivity contribution in [2.75, 3.05) is 64.2 Å². The molecule has 3 aliphatic rings. The fourth-order valence-corrected chi connectivity index (χ4v) is 8.72. The number of aromatic amines is 1. The van der Waals surface area contributed by atoms with Crippen molar-refractivity contribution >= 4 is 40.3 Å². The summed E-state index contributed by atoms with van der Waals surface area (Å²) in [5.74, 6) is -1.32. The number of hydrogen-bond donors (Lipinski definition) is 2. The lowest BCUT2D eigenvalue weighted by atomic mass is 10.0. The van der Waals surface area contributed by atoms with Crippen LogP contribution in [0.15, 0.2) is 89.9 Å². The molecule has 16 heteroatoms. The Kier molecular flexibility index (Phi) is 13.7. The van der Waals surface area contributed by atoms with Crippen LogP contribution in [0.2, 0.25) is 0 Å². The zero-order valence-electron chi connectivity index (χ0n) is 37.1. The first-order valence-corrected chi connectivity index (χ1v) is 22.3. The molecule has 5 aromatic rings. The smallest absolute Gasteiger partial charge is 0.412 e. The molecular formula is C49H55FN8O7. The van der Waals surface area contributed by atoms with Crippen LogP contribution < -0.4 is 10.9 Å². The number of amides is 4. The van der Waals surface area contributed by atoms with Crippen LogP contribution in [-0.2, 0) is 20.7 Å². The molecule has 0 atom stereocenters. The van der Waals surface area contributed by atoms with E-state index in [0.717, 1.165) is 24.0 Å². The van der Waals surface area contributed by atoms with E-state index < -0.39 is 23.4 Å². The summed E-state index contributed by atoms with van der Waals surface area (Å²) in [6, 6.07) is 23.0. The van der Waals surface area contributed by atoms with Crippen molar-refractivity contribution in [1.29, 1.82) is 0 Å². The molecule has 0 bridgehead atoms. The third-order valence-electron chi connectivity index (χ3n) is 12.2. The van der Waals surface area contributed by atoms with E-state index in [1.165, 1.54) is 6.07 Å². The SMILES string of the molecule is CC(C)(C)OC(=O)Nc1cc(-c2ccccc2)cnc1C(=O)N1CCC(OC2CCN(CC(=O)N3CCN(C(=O)c4cc(Cc5n[nH]c(=O)c6ccccc56)ccc4F)CC3)CC2)CC1. The van der Waals surface area contributed by atoms with Crippen molar-refractivity contribution in [3.8, 4) is 11.1 Å². The molecule has 3 aromatic carbocycles. The number of anilines is 1. The van der Waals surface area contributed by atoms with Crippen molar-refractivity contribution in [2.24, 2.45) is 0 Å². The minimum absolute atomic E-state index is 0.00374. The summed E-state index contributed by atoms with van der Waals surface area (Å²) in [4.78, 5) is 77.6. The van der Waals surface area contributed by atoms with Gasteiger partial charge in [-0.1, -0.05) is 54.6 Å². The van der Waals surface area contributed by atoms with Gasteiger partial charge in [0, 0.05) is 75.9 Å². The Morgan fingerprint density at radius 1 is 0.754 bits per heavy atom. The maximum absolute atomic E-state index is 15.1. The van der Waals surface area contributed by atoms with Gasteiger partial charge in [-0.25, -0.2) is 19.3 Å². The maximum Gasteiger partial charge on any atom is 0.412 e. The van der Waals surface area contributed by atoms with Gasteiger partial charge < -0.3 is 24.2 Å². The second-order valence-electron chi connectivity index (χ2n) is 17.9. The van der Waals surface area contributed by atoms with Gasteiger partial charge in [-0.3, -0.25) is 29.4 Å². The molecule has 4 amide bonds. The zero-order valence-corrected chi connectivity index (χ0v) is 37.1. The monoisotopic (exact) mass is 886 g/mol. The van der Waals surface area contributed by atoms with Gasteiger partial charge in [0.05, 0.1) is 41.1 Å². The van der Waals surface area contributed by atoms with Gasteiger partial charge in [0.25, 0.3) is 17.4 Å². The van der Waals surface area contributed by atoms with Crippen LogP contribution in [0.3, 0.4) is 0 Å². The van der Waals surface area contributed by atoms with Crippen LogP contribution in [0.25, 0.3) is 21.9 Å². The lowest BCUT2D eigenvalue weighted by Crippen LogP contribution is -2.53. The highest BCUT2D eigenvalue weighted by molar-refractivity contribution is 6.02. The number of hydrogen-bond acceptors (Lipinski definition) is 10. The summed E-state index contributed by atoms with van der Waals surface area (Å²) in [6.45, 7) is 9.30. The van der Waals surface area contributed by atoms with E-state index in [0.29, 0.717) is 93.7 Å². The maximum atomic E-state index is 15.1. The van der Waals surface area contributed by atoms with Gasteiger partial charge in [0.2, 0.25) is 5.91 Å². The number of pyridine rings is 1. The number of fused-ring (bicyclic) bond motifs is 1. The van der Waals surface area contributed by atoms with Gasteiger partial charge in [0.1, 0.15) is 11.4 Å². The van der Waals surface area contributed by atoms with Crippen molar-refractivity contribution in [3.63, 3.8) is 0 Å². The van der Waals surface area contributed by atoms with Gasteiger partial charge in [-0.05, 0) is 81.8 Å². The highest BCUT2D eigenvalue weighted by Gasteiger charge is 2.32. The molecule has 0 radical (unpaired) electrons. The molecule has 0 aliphatic carbocycles. The lowest BCUT2D eigenvalue weighted by Gasteiger charge is -2.38. The topological polar surface area (TPSA) is 170 Å². The number of ether oxygens (including phenoxy) is 2. The molecule has 0 unspecified atom stereocenters. The predicted molar refractivity (Wildman–Crippen MR) is 243 cm³/mol. The first kappa shape index (κ1) is 45.1. The average Bonchev–Trinajstić information content (AvgIpc) is 3.30. The molecule has 3 saturated heterocycles. The summed E-state index contributed by atoms with van der Waals surface area (Å²) in [5, 5.41) is 10.7. The Morgan fingerprint density at radius 3 is 2.08 bits per heavy atom. The summed E-state index contributed by atoms with van der Waals surface area (Å²) in [5.41, 5.74) is 2.35. The number of nitrogens with zero attached hydrogens (tertiary/aromatic N) is 6. The van der Waals surface area contributed by atoms with Crippen molar-refractivity contribution in [2.45, 2.75) is 70.7 Å². The molecule has 5 heterocycles. The van der Waals surface area contributed by atoms with E-state index in [1.54, 1.807) is 72.0 Å². The van der Waals surface area contributed by atoms with E-state index in [1.807, 2.05) is 42.5 Å². The van der Waals surface area contributed by atoms with Gasteiger partial charge >= 0.3 is 6.09 Å². The normalized spacial score (nSPS) is 16.7. The van der Waals surface area contributed by atoms with E-state index in [4.69, 9.17) is 9.47 Å². The van der Waals surface area contributed by atoms with Crippen LogP contribution in [0.1, 0.15) is 78.6 Å². The summed E-state index contributed by atoms with van der Waals surface area (Å²) in [7, 11) is 0. The number of piperidine rings is 2. The molecule has 0 spiro atoms. The van der Waals surface area contributed by atoms with Crippen LogP contribution in [0, 0.1) is 5.82 Å². The molecule has 0 saturated carbocycles. The van der Waals surface area contributed by atoms with Gasteiger partial charge in [-0.2, -0.15) is 5.10 Å². The molecule has 65 heavy (non-hydrogen) atoms. The standard InChI is InChI=1S/C49H55FN8O7/c1-49(2,3)65-48(63)52-42-29-34(33-9-5-4-6-10-33)30-51-44(42)47(62)57-21-17-36(18-22-57)64-35-15-19-55(20-16-35)31-43(59)56-23-25-58(26-24-56)46(61)39-27-32(13-14-40(39)50)28-41-37-11-7-8-12-38(37)45(60)54-53-41/h4-14,27,29-30,35-36H,15-26,28,31H2,1-3H3,(H,52,63)(H,54,60). The third kappa shape index (κ3) is 11.1. The largest absolute Gasteiger partial charge is 0.444 e. The minimum Gasteiger partial charge on any atom is -0.444 e. The van der Waals surface area contributed by atoms with Crippen LogP contribution in [-0.4, -0.2) is 135 Å². The Labute approximate surface area is 376 Å². The number of aromatic nitrogens is 3. The number of halogens is 1. The second-order valence-corrected chi connectivity index (χ2v) is 17.9. The van der Waals surface area contributed by atoms with Gasteiger partial charge in [-0.15, -0.1) is 0 Å². The number of piperazine rings is 1. The first-order chi connectivity index (χ1) is 31.3. The first-order valence-electron chi connectivity index (χ1n) is 22.3. The molecule has 2 N–H and O–H groups in total. The zero-order chi connectivity index (χ0) is 45.7. The van der Waals surface area contributed by atoms with Gasteiger partial charge in [0.15, 0.2) is 5.69 Å². The fraction of sp³-hybridized carbons (Fsp3) is 0.408. The Morgan fingerprint density at radius 2 is 1.38 bits per heavy atom. The molecule has 3 aliphatic heterocycles. The van der Waals surface area contributed by atoms with E-state index >= 15 is 4.39 Å². The highest BCUT2D eigenvalue weighted by atomic mass is 19.1. The van der Waals surface area contributed by atoms with Crippen molar-refractivity contribution < 1.29 is 33.0 Å². The number of H-pyrrole nitrogens is 1. The summed E-state index contributed by atoms with van der Waals surface area (Å²) in [6.07, 6.45) is 4.22. The molecule has 15 nitrogen and oxygen atoms in total. The molecule has 2 aromatic heterocycles. The molecule has 8 rings (SSSR count). The van der Waals surface area contributed by atoms with Crippen LogP contribution >= 0.6 is 0 Å². The minimum atomic E-state index is -0.720. The number of nitrogens with one attached hydrogen (secondary N) is 2. The summed E-state index contributed by atoms with van der Waals surface area (Å²) >= 11 is 0. The van der Waals surface area contributed by atoms with Crippen molar-refractivity contribution in [1.82, 2.24) is 34.8 Å². The average molecular weight is 887 g/mol. The van der Waals surface area contributed by atoms with Crippen molar-refractivity contribution in [3.05, 3.63) is 124 Å². The van der Waals surface area contributed by atoms with E-state index in [9.17, 15) is 24.0 Å². The highest BCUT2D eigenvalue weighted by Crippen LogP contribution is 2.28. The molecule has 340 valence electrons. The fourth-order valence-electron chi connectivity index (χ4n) is 8.72. The Balaban J connectivity index is 0.776. The number of carbonyl (C=O) groups is 4. The molecular weight excluding hydrogens is 832 g/mol. The second kappa shape index (κ2) is 19.7. The van der Waals surface area contributed by atoms with E-state index in [2.05, 4.69) is 25.4 Å². The third-order valence-corrected chi connectivity index (χ3v) is 12.2. The quantitative estimate of drug-likeness (QED) is 0.166. The number of carbonyl (C=O) groups excluding carboxylic acids is 4. The number of rotatable bonds is 10. The predicted octanol–water partition coefficient (Wildman–Crippen LogP) is 6.13. The summed E-state index contributed by atoms with van der Waals surface area (Å²) < 4.78 is 27.1. The van der Waals surface area contributed by atoms with E-state index in [-0.39, 0.29) is 53.1 Å². The van der Waals surface area contributed by atoms with Crippen LogP contribution in [0.4, 0.5) is 14.9 Å².